The van der Waals surface area contributed by atoms with Crippen molar-refractivity contribution in [3.8, 4) is 5.75 Å². The number of ether oxygens (including phenoxy) is 1. The quantitative estimate of drug-likeness (QED) is 0.790. The molecule has 0 radical (unpaired) electrons. The molecule has 0 bridgehead atoms. The molecule has 27 heavy (non-hydrogen) atoms. The van der Waals surface area contributed by atoms with Crippen molar-refractivity contribution in [2.45, 2.75) is 31.8 Å². The third kappa shape index (κ3) is 2.59. The minimum Gasteiger partial charge on any atom is -0.496 e. The number of hydrogen-bond acceptors (Lipinski definition) is 3. The van der Waals surface area contributed by atoms with E-state index in [-0.39, 0.29) is 11.3 Å². The van der Waals surface area contributed by atoms with Gasteiger partial charge in [-0.1, -0.05) is 53.5 Å². The van der Waals surface area contributed by atoms with Gasteiger partial charge in [0, 0.05) is 21.1 Å². The molecule has 140 valence electrons. The number of rotatable bonds is 3. The Balaban J connectivity index is 1.85. The average Bonchev–Trinajstić information content (AvgIpc) is 3.04. The first-order chi connectivity index (χ1) is 12.8. The second kappa shape index (κ2) is 6.13. The van der Waals surface area contributed by atoms with Crippen LogP contribution < -0.4 is 15.0 Å². The predicted molar refractivity (Wildman–Crippen MR) is 112 cm³/mol. The number of halogens is 1. The van der Waals surface area contributed by atoms with E-state index >= 15 is 0 Å². The smallest absolute Gasteiger partial charge is 0.241 e. The molecule has 0 spiro atoms. The monoisotopic (exact) mass is 426 g/mol. The van der Waals surface area contributed by atoms with Gasteiger partial charge in [-0.15, -0.1) is 0 Å². The van der Waals surface area contributed by atoms with Crippen LogP contribution in [0, 0.1) is 6.92 Å². The van der Waals surface area contributed by atoms with Gasteiger partial charge in [0.1, 0.15) is 11.4 Å². The Bertz CT molecular complexity index is 967. The van der Waals surface area contributed by atoms with E-state index in [0.717, 1.165) is 21.5 Å². The van der Waals surface area contributed by atoms with Crippen molar-refractivity contribution in [1.82, 2.24) is 5.32 Å². The summed E-state index contributed by atoms with van der Waals surface area (Å²) < 4.78 is 6.49. The van der Waals surface area contributed by atoms with Gasteiger partial charge in [0.2, 0.25) is 5.91 Å². The van der Waals surface area contributed by atoms with Crippen LogP contribution in [0.2, 0.25) is 0 Å². The van der Waals surface area contributed by atoms with Gasteiger partial charge >= 0.3 is 0 Å². The summed E-state index contributed by atoms with van der Waals surface area (Å²) in [5.74, 6) is 0.839. The van der Waals surface area contributed by atoms with Crippen molar-refractivity contribution in [2.24, 2.45) is 0 Å². The fraction of sp³-hybridized carbons (Fsp3) is 0.318. The minimum atomic E-state index is -0.604. The molecule has 1 saturated heterocycles. The molecule has 2 aliphatic rings. The Hall–Kier alpha value is -2.27. The van der Waals surface area contributed by atoms with Crippen LogP contribution in [0.3, 0.4) is 0 Å². The minimum absolute atomic E-state index is 0.0418. The molecule has 1 amide bonds. The molecule has 2 aliphatic heterocycles. The maximum Gasteiger partial charge on any atom is 0.241 e. The summed E-state index contributed by atoms with van der Waals surface area (Å²) in [6.07, 6.45) is 4.15. The van der Waals surface area contributed by atoms with E-state index in [1.54, 1.807) is 7.11 Å². The fourth-order valence-corrected chi connectivity index (χ4v) is 4.71. The van der Waals surface area contributed by atoms with Crippen molar-refractivity contribution in [3.63, 3.8) is 0 Å². The first-order valence-electron chi connectivity index (χ1n) is 9.01. The number of fused-ring (bicyclic) bond motifs is 3. The summed E-state index contributed by atoms with van der Waals surface area (Å²) in [5, 5.41) is 3.26. The zero-order valence-electron chi connectivity index (χ0n) is 16.0. The highest BCUT2D eigenvalue weighted by Gasteiger charge is 2.59. The van der Waals surface area contributed by atoms with Crippen LogP contribution in [0.5, 0.6) is 5.75 Å². The van der Waals surface area contributed by atoms with Crippen molar-refractivity contribution in [3.05, 3.63) is 63.6 Å². The molecule has 5 heteroatoms. The Morgan fingerprint density at radius 3 is 2.74 bits per heavy atom. The summed E-state index contributed by atoms with van der Waals surface area (Å²) in [6, 6.07) is 12.4. The van der Waals surface area contributed by atoms with Crippen LogP contribution >= 0.6 is 15.9 Å². The van der Waals surface area contributed by atoms with Crippen LogP contribution in [0.25, 0.3) is 6.08 Å². The van der Waals surface area contributed by atoms with Gasteiger partial charge in [-0.25, -0.2) is 0 Å². The molecule has 1 N–H and O–H groups in total. The topological polar surface area (TPSA) is 41.6 Å². The fourth-order valence-electron chi connectivity index (χ4n) is 4.33. The number of nitrogens with zero attached hydrogens (tertiary/aromatic N) is 1. The van der Waals surface area contributed by atoms with E-state index in [0.29, 0.717) is 6.54 Å². The average molecular weight is 427 g/mol. The van der Waals surface area contributed by atoms with Crippen LogP contribution in [0.15, 0.2) is 46.9 Å². The van der Waals surface area contributed by atoms with E-state index < -0.39 is 5.66 Å². The van der Waals surface area contributed by atoms with Gasteiger partial charge in [-0.05, 0) is 42.8 Å². The van der Waals surface area contributed by atoms with Gasteiger partial charge in [0.25, 0.3) is 0 Å². The van der Waals surface area contributed by atoms with Crippen molar-refractivity contribution >= 4 is 33.6 Å². The largest absolute Gasteiger partial charge is 0.496 e. The molecule has 4 nitrogen and oxygen atoms in total. The zero-order chi connectivity index (χ0) is 19.4. The van der Waals surface area contributed by atoms with Crippen LogP contribution in [-0.4, -0.2) is 25.2 Å². The van der Waals surface area contributed by atoms with E-state index in [9.17, 15) is 4.79 Å². The molecular weight excluding hydrogens is 404 g/mol. The maximum atomic E-state index is 12.4. The predicted octanol–water partition coefficient (Wildman–Crippen LogP) is 4.40. The highest BCUT2D eigenvalue weighted by molar-refractivity contribution is 9.10. The molecular formula is C22H23BrN2O2. The molecule has 0 saturated carbocycles. The number of benzene rings is 2. The second-order valence-electron chi connectivity index (χ2n) is 7.77. The number of amides is 1. The maximum absolute atomic E-state index is 12.4. The van der Waals surface area contributed by atoms with Gasteiger partial charge < -0.3 is 15.0 Å². The number of carbonyl (C=O) groups is 1. The molecule has 1 atom stereocenters. The summed E-state index contributed by atoms with van der Waals surface area (Å²) >= 11 is 3.53. The number of nitrogens with one attached hydrogen (secondary N) is 1. The first kappa shape index (κ1) is 18.1. The van der Waals surface area contributed by atoms with E-state index in [2.05, 4.69) is 71.2 Å². The van der Waals surface area contributed by atoms with E-state index in [1.165, 1.54) is 11.1 Å². The van der Waals surface area contributed by atoms with Crippen LogP contribution in [-0.2, 0) is 10.2 Å². The third-order valence-electron chi connectivity index (χ3n) is 5.82. The van der Waals surface area contributed by atoms with Gasteiger partial charge in [0.15, 0.2) is 0 Å². The molecule has 2 aromatic carbocycles. The summed E-state index contributed by atoms with van der Waals surface area (Å²) in [4.78, 5) is 14.6. The van der Waals surface area contributed by atoms with Crippen molar-refractivity contribution in [2.75, 3.05) is 18.6 Å². The summed E-state index contributed by atoms with van der Waals surface area (Å²) in [6.45, 7) is 6.85. The third-order valence-corrected chi connectivity index (χ3v) is 6.32. The number of hydrogen-bond donors (Lipinski definition) is 1. The number of methoxy groups -OCH3 is 1. The van der Waals surface area contributed by atoms with Crippen LogP contribution in [0.1, 0.15) is 30.5 Å². The van der Waals surface area contributed by atoms with Crippen molar-refractivity contribution < 1.29 is 9.53 Å². The summed E-state index contributed by atoms with van der Waals surface area (Å²) in [5.41, 5.74) is 3.68. The first-order valence-corrected chi connectivity index (χ1v) is 9.80. The van der Waals surface area contributed by atoms with Gasteiger partial charge in [0.05, 0.1) is 13.7 Å². The van der Waals surface area contributed by atoms with Gasteiger partial charge in [-0.2, -0.15) is 0 Å². The Labute approximate surface area is 168 Å². The number of carbonyl (C=O) groups excluding carboxylic acids is 1. The zero-order valence-corrected chi connectivity index (χ0v) is 17.6. The lowest BCUT2D eigenvalue weighted by Gasteiger charge is -2.40. The van der Waals surface area contributed by atoms with E-state index in [1.807, 2.05) is 24.3 Å². The van der Waals surface area contributed by atoms with E-state index in [4.69, 9.17) is 4.74 Å². The Kier molecular flexibility index (Phi) is 4.11. The lowest BCUT2D eigenvalue weighted by Crippen LogP contribution is -2.58. The Morgan fingerprint density at radius 1 is 1.22 bits per heavy atom. The lowest BCUT2D eigenvalue weighted by atomic mass is 9.75. The lowest BCUT2D eigenvalue weighted by molar-refractivity contribution is -0.118. The summed E-state index contributed by atoms with van der Waals surface area (Å²) in [7, 11) is 1.67. The van der Waals surface area contributed by atoms with Crippen molar-refractivity contribution in [1.29, 1.82) is 0 Å². The van der Waals surface area contributed by atoms with Crippen LogP contribution in [0.4, 0.5) is 5.69 Å². The second-order valence-corrected chi connectivity index (χ2v) is 8.68. The molecule has 0 aliphatic carbocycles. The SMILES string of the molecule is COc1ccc(Br)cc1/C=C/[C@@]12NC(=O)CN1c1ccc(C)cc1C2(C)C. The highest BCUT2D eigenvalue weighted by Crippen LogP contribution is 2.53. The number of aryl methyl sites for hydroxylation is 1. The molecule has 4 rings (SSSR count). The molecule has 0 aromatic heterocycles. The molecule has 2 heterocycles. The molecule has 2 aromatic rings. The standard InChI is InChI=1S/C22H23BrN2O2/c1-14-5-7-18-17(11-14)21(2,3)22(24-20(26)13-25(18)22)10-9-15-12-16(23)6-8-19(15)27-4/h5-12H,13H2,1-4H3,(H,24,26)/b10-9+/t22-/m1/s1. The highest BCUT2D eigenvalue weighted by atomic mass is 79.9. The molecule has 1 fully saturated rings. The Morgan fingerprint density at radius 2 is 2.00 bits per heavy atom. The normalized spacial score (nSPS) is 22.7. The number of anilines is 1. The van der Waals surface area contributed by atoms with Gasteiger partial charge in [-0.3, -0.25) is 4.79 Å². The molecule has 0 unspecified atom stereocenters.